The molecule has 1 saturated heterocycles. The van der Waals surface area contributed by atoms with Gasteiger partial charge in [-0.2, -0.15) is 5.10 Å². The second-order valence-electron chi connectivity index (χ2n) is 6.59. The number of thiophene rings is 1. The van der Waals surface area contributed by atoms with Crippen molar-refractivity contribution in [3.63, 3.8) is 0 Å². The Hall–Kier alpha value is -2.74. The molecule has 7 nitrogen and oxygen atoms in total. The molecule has 27 heavy (non-hydrogen) atoms. The van der Waals surface area contributed by atoms with Crippen LogP contribution < -0.4 is 10.2 Å². The maximum atomic E-state index is 12.6. The van der Waals surface area contributed by atoms with Crippen LogP contribution in [0.4, 0.5) is 5.95 Å². The second kappa shape index (κ2) is 7.87. The molecule has 3 aromatic rings. The van der Waals surface area contributed by atoms with Gasteiger partial charge in [0, 0.05) is 26.3 Å². The molecule has 4 rings (SSSR count). The van der Waals surface area contributed by atoms with E-state index >= 15 is 0 Å². The number of aryl methyl sites for hydroxylation is 1. The molecule has 1 fully saturated rings. The summed E-state index contributed by atoms with van der Waals surface area (Å²) in [7, 11) is 1.78. The van der Waals surface area contributed by atoms with Gasteiger partial charge in [-0.3, -0.25) is 9.48 Å². The van der Waals surface area contributed by atoms with Crippen LogP contribution in [0.2, 0.25) is 0 Å². The van der Waals surface area contributed by atoms with Crippen molar-refractivity contribution in [1.82, 2.24) is 25.1 Å². The van der Waals surface area contributed by atoms with Crippen molar-refractivity contribution < 1.29 is 4.79 Å². The molecule has 0 aromatic carbocycles. The van der Waals surface area contributed by atoms with E-state index in [2.05, 4.69) is 25.3 Å². The molecule has 1 amide bonds. The third-order valence-electron chi connectivity index (χ3n) is 4.66. The lowest BCUT2D eigenvalue weighted by Gasteiger charge is -2.26. The molecule has 140 valence electrons. The van der Waals surface area contributed by atoms with Crippen LogP contribution in [0.25, 0.3) is 10.6 Å². The smallest absolute Gasteiger partial charge is 0.269 e. The van der Waals surface area contributed by atoms with Gasteiger partial charge in [-0.1, -0.05) is 6.07 Å². The van der Waals surface area contributed by atoms with Crippen molar-refractivity contribution in [2.24, 2.45) is 7.05 Å². The Morgan fingerprint density at radius 2 is 2.11 bits per heavy atom. The summed E-state index contributed by atoms with van der Waals surface area (Å²) in [4.78, 5) is 24.8. The number of carbonyl (C=O) groups is 1. The normalized spacial score (nSPS) is 14.3. The Kier molecular flexibility index (Phi) is 5.15. The van der Waals surface area contributed by atoms with E-state index in [1.54, 1.807) is 29.3 Å². The number of hydrogen-bond acceptors (Lipinski definition) is 6. The van der Waals surface area contributed by atoms with Gasteiger partial charge >= 0.3 is 0 Å². The molecule has 3 aromatic heterocycles. The predicted molar refractivity (Wildman–Crippen MR) is 106 cm³/mol. The molecule has 0 radical (unpaired) electrons. The standard InChI is InChI=1S/C19H22N6OS/c1-24-16(12-15(23-24)17-6-5-11-27-17)18(26)21-13-14-7-8-20-19(22-14)25-9-3-2-4-10-25/h5-8,11-12H,2-4,9-10,13H2,1H3,(H,21,26). The Balaban J connectivity index is 1.42. The highest BCUT2D eigenvalue weighted by Crippen LogP contribution is 2.23. The Morgan fingerprint density at radius 1 is 1.26 bits per heavy atom. The molecule has 0 unspecified atom stereocenters. The van der Waals surface area contributed by atoms with E-state index in [0.717, 1.165) is 35.3 Å². The highest BCUT2D eigenvalue weighted by atomic mass is 32.1. The van der Waals surface area contributed by atoms with Gasteiger partial charge in [0.2, 0.25) is 5.95 Å². The number of nitrogens with one attached hydrogen (secondary N) is 1. The zero-order valence-electron chi connectivity index (χ0n) is 15.3. The van der Waals surface area contributed by atoms with E-state index in [-0.39, 0.29) is 5.91 Å². The average Bonchev–Trinajstić information content (AvgIpc) is 3.37. The number of hydrogen-bond donors (Lipinski definition) is 1. The summed E-state index contributed by atoms with van der Waals surface area (Å²) in [5.74, 6) is 0.591. The van der Waals surface area contributed by atoms with Gasteiger partial charge in [0.1, 0.15) is 11.4 Å². The van der Waals surface area contributed by atoms with E-state index in [4.69, 9.17) is 0 Å². The third kappa shape index (κ3) is 4.00. The second-order valence-corrected chi connectivity index (χ2v) is 7.54. The molecule has 1 N–H and O–H groups in total. The molecule has 0 saturated carbocycles. The van der Waals surface area contributed by atoms with Gasteiger partial charge in [-0.05, 0) is 42.8 Å². The Bertz CT molecular complexity index is 914. The maximum Gasteiger partial charge on any atom is 0.269 e. The minimum absolute atomic E-state index is 0.161. The van der Waals surface area contributed by atoms with Gasteiger partial charge < -0.3 is 10.2 Å². The number of piperidine rings is 1. The van der Waals surface area contributed by atoms with E-state index < -0.39 is 0 Å². The fraction of sp³-hybridized carbons (Fsp3) is 0.368. The summed E-state index contributed by atoms with van der Waals surface area (Å²) in [6, 6.07) is 7.63. The van der Waals surface area contributed by atoms with Crippen molar-refractivity contribution in [2.45, 2.75) is 25.8 Å². The number of aromatic nitrogens is 4. The highest BCUT2D eigenvalue weighted by Gasteiger charge is 2.16. The van der Waals surface area contributed by atoms with Crippen LogP contribution in [0, 0.1) is 0 Å². The minimum Gasteiger partial charge on any atom is -0.345 e. The molecule has 8 heteroatoms. The zero-order valence-corrected chi connectivity index (χ0v) is 16.1. The first kappa shape index (κ1) is 17.7. The van der Waals surface area contributed by atoms with Gasteiger partial charge in [-0.15, -0.1) is 11.3 Å². The van der Waals surface area contributed by atoms with E-state index in [1.165, 1.54) is 19.3 Å². The highest BCUT2D eigenvalue weighted by molar-refractivity contribution is 7.13. The van der Waals surface area contributed by atoms with Crippen molar-refractivity contribution in [3.8, 4) is 10.6 Å². The molecule has 0 spiro atoms. The molecular weight excluding hydrogens is 360 g/mol. The maximum absolute atomic E-state index is 12.6. The minimum atomic E-state index is -0.161. The van der Waals surface area contributed by atoms with Crippen molar-refractivity contribution >= 4 is 23.2 Å². The van der Waals surface area contributed by atoms with E-state index in [1.807, 2.05) is 29.6 Å². The molecule has 0 aliphatic carbocycles. The van der Waals surface area contributed by atoms with Crippen LogP contribution in [0.3, 0.4) is 0 Å². The summed E-state index contributed by atoms with van der Waals surface area (Å²) in [6.07, 6.45) is 5.39. The van der Waals surface area contributed by atoms with E-state index in [0.29, 0.717) is 12.2 Å². The fourth-order valence-electron chi connectivity index (χ4n) is 3.22. The van der Waals surface area contributed by atoms with Crippen LogP contribution >= 0.6 is 11.3 Å². The monoisotopic (exact) mass is 382 g/mol. The predicted octanol–water partition coefficient (Wildman–Crippen LogP) is 2.86. The lowest BCUT2D eigenvalue weighted by Crippen LogP contribution is -2.31. The zero-order chi connectivity index (χ0) is 18.6. The lowest BCUT2D eigenvalue weighted by atomic mass is 10.1. The van der Waals surface area contributed by atoms with E-state index in [9.17, 15) is 4.79 Å². The summed E-state index contributed by atoms with van der Waals surface area (Å²) in [5, 5.41) is 9.38. The van der Waals surface area contributed by atoms with Crippen LogP contribution in [0.15, 0.2) is 35.8 Å². The first-order valence-electron chi connectivity index (χ1n) is 9.14. The van der Waals surface area contributed by atoms with Crippen molar-refractivity contribution in [2.75, 3.05) is 18.0 Å². The molecule has 4 heterocycles. The summed E-state index contributed by atoms with van der Waals surface area (Å²) in [5.41, 5.74) is 2.15. The Labute approximate surface area is 162 Å². The van der Waals surface area contributed by atoms with Crippen LogP contribution in [0.5, 0.6) is 0 Å². The number of nitrogens with zero attached hydrogens (tertiary/aromatic N) is 5. The fourth-order valence-corrected chi connectivity index (χ4v) is 3.90. The van der Waals surface area contributed by atoms with Crippen molar-refractivity contribution in [3.05, 3.63) is 47.2 Å². The van der Waals surface area contributed by atoms with Crippen molar-refractivity contribution in [1.29, 1.82) is 0 Å². The van der Waals surface area contributed by atoms with Crippen LogP contribution in [0.1, 0.15) is 35.4 Å². The number of anilines is 1. The topological polar surface area (TPSA) is 75.9 Å². The molecule has 0 bridgehead atoms. The molecule has 1 aliphatic heterocycles. The van der Waals surface area contributed by atoms with Crippen LogP contribution in [-0.2, 0) is 13.6 Å². The summed E-state index contributed by atoms with van der Waals surface area (Å²) < 4.78 is 1.61. The SMILES string of the molecule is Cn1nc(-c2cccs2)cc1C(=O)NCc1ccnc(N2CCCCC2)n1. The van der Waals surface area contributed by atoms with Gasteiger partial charge in [0.05, 0.1) is 17.1 Å². The van der Waals surface area contributed by atoms with Crippen LogP contribution in [-0.4, -0.2) is 38.7 Å². The quantitative estimate of drug-likeness (QED) is 0.734. The van der Waals surface area contributed by atoms with Gasteiger partial charge in [0.15, 0.2) is 0 Å². The largest absolute Gasteiger partial charge is 0.345 e. The molecular formula is C19H22N6OS. The van der Waals surface area contributed by atoms with Gasteiger partial charge in [-0.25, -0.2) is 9.97 Å². The number of rotatable bonds is 5. The first-order chi connectivity index (χ1) is 13.2. The summed E-state index contributed by atoms with van der Waals surface area (Å²) in [6.45, 7) is 2.36. The number of amides is 1. The Morgan fingerprint density at radius 3 is 2.89 bits per heavy atom. The average molecular weight is 382 g/mol. The lowest BCUT2D eigenvalue weighted by molar-refractivity contribution is 0.0941. The third-order valence-corrected chi connectivity index (χ3v) is 5.55. The summed E-state index contributed by atoms with van der Waals surface area (Å²) >= 11 is 1.61. The van der Waals surface area contributed by atoms with Gasteiger partial charge in [0.25, 0.3) is 5.91 Å². The number of carbonyl (C=O) groups excluding carboxylic acids is 1. The molecule has 0 atom stereocenters. The first-order valence-corrected chi connectivity index (χ1v) is 10.0. The molecule has 1 aliphatic rings.